The summed E-state index contributed by atoms with van der Waals surface area (Å²) in [5.74, 6) is 0.183. The van der Waals surface area contributed by atoms with Gasteiger partial charge in [-0.1, -0.05) is 30.1 Å². The summed E-state index contributed by atoms with van der Waals surface area (Å²) in [6.45, 7) is 5.89. The number of likely N-dealkylation sites (tertiary alicyclic amines) is 1. The highest BCUT2D eigenvalue weighted by atomic mass is 35.5. The fourth-order valence-electron chi connectivity index (χ4n) is 5.29. The van der Waals surface area contributed by atoms with Crippen molar-refractivity contribution >= 4 is 52.3 Å². The van der Waals surface area contributed by atoms with Crippen molar-refractivity contribution in [3.63, 3.8) is 0 Å². The van der Waals surface area contributed by atoms with Gasteiger partial charge in [-0.15, -0.1) is 0 Å². The average molecular weight is 550 g/mol. The summed E-state index contributed by atoms with van der Waals surface area (Å²) in [4.78, 5) is 40.4. The highest BCUT2D eigenvalue weighted by molar-refractivity contribution is 6.32. The van der Waals surface area contributed by atoms with Crippen LogP contribution in [0.25, 0.3) is 0 Å². The Kier molecular flexibility index (Phi) is 8.61. The van der Waals surface area contributed by atoms with Crippen LogP contribution in [0.3, 0.4) is 0 Å². The maximum absolute atomic E-state index is 13.2. The third-order valence-corrected chi connectivity index (χ3v) is 7.80. The molecule has 200 valence electrons. The van der Waals surface area contributed by atoms with E-state index in [2.05, 4.69) is 37.3 Å². The zero-order valence-electron chi connectivity index (χ0n) is 21.4. The van der Waals surface area contributed by atoms with Crippen molar-refractivity contribution in [2.75, 3.05) is 62.8 Å². The van der Waals surface area contributed by atoms with Crippen LogP contribution in [0, 0.1) is 0 Å². The lowest BCUT2D eigenvalue weighted by Crippen LogP contribution is -2.58. The first-order chi connectivity index (χ1) is 17.8. The van der Waals surface area contributed by atoms with Gasteiger partial charge in [0.05, 0.1) is 5.56 Å². The Morgan fingerprint density at radius 1 is 1.11 bits per heavy atom. The quantitative estimate of drug-likeness (QED) is 0.503. The number of aromatic nitrogens is 2. The predicted octanol–water partition coefficient (Wildman–Crippen LogP) is 2.97. The van der Waals surface area contributed by atoms with Crippen molar-refractivity contribution in [1.82, 2.24) is 25.1 Å². The number of benzene rings is 1. The molecule has 10 nitrogen and oxygen atoms in total. The molecule has 0 unspecified atom stereocenters. The summed E-state index contributed by atoms with van der Waals surface area (Å²) in [7, 11) is 3.30. The van der Waals surface area contributed by atoms with E-state index < -0.39 is 5.91 Å². The minimum Gasteiger partial charge on any atom is -0.387 e. The number of hydrogen-bond acceptors (Lipinski definition) is 8. The number of hydrogen-bond donors (Lipinski definition) is 3. The molecule has 2 amide bonds. The van der Waals surface area contributed by atoms with Crippen molar-refractivity contribution in [2.24, 2.45) is 0 Å². The molecule has 4 N–H and O–H groups in total. The molecule has 0 bridgehead atoms. The molecule has 0 saturated carbocycles. The number of piperazine rings is 1. The monoisotopic (exact) mass is 548 g/mol. The van der Waals surface area contributed by atoms with Gasteiger partial charge in [0.25, 0.3) is 11.8 Å². The van der Waals surface area contributed by atoms with Crippen LogP contribution in [-0.4, -0.2) is 90.5 Å². The maximum Gasteiger partial charge on any atom is 0.273 e. The van der Waals surface area contributed by atoms with Gasteiger partial charge in [0.1, 0.15) is 0 Å². The van der Waals surface area contributed by atoms with Gasteiger partial charge < -0.3 is 26.2 Å². The van der Waals surface area contributed by atoms with Crippen molar-refractivity contribution in [3.8, 4) is 0 Å². The van der Waals surface area contributed by atoms with Crippen LogP contribution in [0.1, 0.15) is 47.0 Å². The second-order valence-electron chi connectivity index (χ2n) is 9.36. The van der Waals surface area contributed by atoms with Gasteiger partial charge in [0, 0.05) is 69.6 Å². The van der Waals surface area contributed by atoms with Crippen LogP contribution >= 0.6 is 23.2 Å². The van der Waals surface area contributed by atoms with Crippen molar-refractivity contribution in [1.29, 1.82) is 0 Å². The number of amides is 2. The van der Waals surface area contributed by atoms with E-state index in [0.29, 0.717) is 41.6 Å². The number of carbonyl (C=O) groups excluding carboxylic acids is 2. The average Bonchev–Trinajstić information content (AvgIpc) is 2.92. The summed E-state index contributed by atoms with van der Waals surface area (Å²) in [5, 5.41) is 6.35. The zero-order chi connectivity index (χ0) is 26.7. The minimum absolute atomic E-state index is 0.0299. The molecular weight excluding hydrogens is 515 g/mol. The smallest absolute Gasteiger partial charge is 0.273 e. The Balaban J connectivity index is 1.40. The van der Waals surface area contributed by atoms with Gasteiger partial charge in [-0.3, -0.25) is 14.5 Å². The second kappa shape index (κ2) is 11.7. The third kappa shape index (κ3) is 5.71. The molecule has 2 aliphatic heterocycles. The summed E-state index contributed by atoms with van der Waals surface area (Å²) >= 11 is 12.5. The molecular formula is C25H34Cl2N8O2. The van der Waals surface area contributed by atoms with E-state index in [0.717, 1.165) is 44.6 Å². The number of anilines is 3. The maximum atomic E-state index is 13.2. The number of nitrogens with zero attached hydrogens (tertiary/aromatic N) is 5. The van der Waals surface area contributed by atoms with Crippen LogP contribution < -0.4 is 21.3 Å². The van der Waals surface area contributed by atoms with E-state index in [-0.39, 0.29) is 22.6 Å². The highest BCUT2D eigenvalue weighted by Crippen LogP contribution is 2.30. The zero-order valence-corrected chi connectivity index (χ0v) is 22.9. The molecule has 1 aromatic carbocycles. The van der Waals surface area contributed by atoms with Gasteiger partial charge in [-0.05, 0) is 37.5 Å². The van der Waals surface area contributed by atoms with Crippen LogP contribution in [-0.2, 0) is 0 Å². The third-order valence-electron chi connectivity index (χ3n) is 7.31. The van der Waals surface area contributed by atoms with Crippen molar-refractivity contribution in [2.45, 2.75) is 38.3 Å². The Bertz CT molecular complexity index is 1160. The number of piperidine rings is 1. The van der Waals surface area contributed by atoms with E-state index in [4.69, 9.17) is 28.9 Å². The highest BCUT2D eigenvalue weighted by Gasteiger charge is 2.35. The van der Waals surface area contributed by atoms with E-state index in [1.54, 1.807) is 25.2 Å². The summed E-state index contributed by atoms with van der Waals surface area (Å²) < 4.78 is 0. The van der Waals surface area contributed by atoms with Crippen molar-refractivity contribution < 1.29 is 9.59 Å². The molecule has 0 spiro atoms. The van der Waals surface area contributed by atoms with Crippen LogP contribution in [0.4, 0.5) is 17.3 Å². The molecule has 2 saturated heterocycles. The first-order valence-corrected chi connectivity index (χ1v) is 13.3. The largest absolute Gasteiger partial charge is 0.387 e. The van der Waals surface area contributed by atoms with Crippen LogP contribution in [0.5, 0.6) is 0 Å². The number of nitrogen functional groups attached to an aromatic ring is 1. The first-order valence-electron chi connectivity index (χ1n) is 12.6. The van der Waals surface area contributed by atoms with Gasteiger partial charge >= 0.3 is 0 Å². The number of nitrogens with one attached hydrogen (secondary N) is 2. The predicted molar refractivity (Wildman–Crippen MR) is 148 cm³/mol. The Hall–Kier alpha value is -2.82. The summed E-state index contributed by atoms with van der Waals surface area (Å²) in [6.07, 6.45) is 2.79. The molecule has 1 atom stereocenters. The van der Waals surface area contributed by atoms with Crippen LogP contribution in [0.2, 0.25) is 10.2 Å². The Labute approximate surface area is 227 Å². The lowest BCUT2D eigenvalue weighted by molar-refractivity contribution is 0.0491. The van der Waals surface area contributed by atoms with E-state index in [9.17, 15) is 9.59 Å². The number of rotatable bonds is 6. The topological polar surface area (TPSA) is 120 Å². The molecule has 1 aromatic heterocycles. The van der Waals surface area contributed by atoms with E-state index in [1.165, 1.54) is 7.05 Å². The second-order valence-corrected chi connectivity index (χ2v) is 10.2. The molecule has 2 aliphatic rings. The normalized spacial score (nSPS) is 19.1. The molecule has 0 radical (unpaired) electrons. The standard InChI is InChI=1S/C25H34Cl2N8O2/c1-4-16-14-34(23-21(27)31-20(22(28)32-23)24(36)30-3)11-12-35(16)17-7-9-33(10-8-17)25(37)18-6-5-15(26)13-19(18)29-2/h5-6,13,16-17,29H,4,7-12,14H2,1-3H3,(H2,28,32)(H,30,36)/t16-/m0/s1. The molecule has 0 aliphatic carbocycles. The van der Waals surface area contributed by atoms with Gasteiger partial charge in [-0.25, -0.2) is 9.97 Å². The van der Waals surface area contributed by atoms with Crippen LogP contribution in [0.15, 0.2) is 18.2 Å². The van der Waals surface area contributed by atoms with Gasteiger partial charge in [0.2, 0.25) is 0 Å². The molecule has 2 fully saturated rings. The fourth-order valence-corrected chi connectivity index (χ4v) is 5.71. The fraction of sp³-hybridized carbons (Fsp3) is 0.520. The lowest BCUT2D eigenvalue weighted by atomic mass is 9.97. The molecule has 12 heteroatoms. The SMILES string of the molecule is CC[C@H]1CN(c2nc(N)c(C(=O)NC)nc2Cl)CCN1C1CCN(C(=O)c2ccc(Cl)cc2NC)CC1. The Morgan fingerprint density at radius 3 is 2.49 bits per heavy atom. The van der Waals surface area contributed by atoms with Gasteiger partial charge in [0.15, 0.2) is 22.5 Å². The summed E-state index contributed by atoms with van der Waals surface area (Å²) in [5.41, 5.74) is 7.43. The lowest BCUT2D eigenvalue weighted by Gasteiger charge is -2.47. The number of halogens is 2. The number of nitrogens with two attached hydrogens (primary N) is 1. The Morgan fingerprint density at radius 2 is 1.84 bits per heavy atom. The minimum atomic E-state index is -0.419. The molecule has 37 heavy (non-hydrogen) atoms. The molecule has 4 rings (SSSR count). The van der Waals surface area contributed by atoms with Gasteiger partial charge in [-0.2, -0.15) is 0 Å². The summed E-state index contributed by atoms with van der Waals surface area (Å²) in [6, 6.07) is 6.02. The van der Waals surface area contributed by atoms with E-state index in [1.807, 2.05) is 4.90 Å². The number of carbonyl (C=O) groups is 2. The van der Waals surface area contributed by atoms with E-state index >= 15 is 0 Å². The molecule has 2 aromatic rings. The molecule has 3 heterocycles. The first kappa shape index (κ1) is 27.2. The van der Waals surface area contributed by atoms with Crippen molar-refractivity contribution in [3.05, 3.63) is 39.6 Å².